The smallest absolute Gasteiger partial charge is 0.278 e. The van der Waals surface area contributed by atoms with Gasteiger partial charge in [-0.05, 0) is 49.9 Å². The molecule has 0 aromatic carbocycles. The van der Waals surface area contributed by atoms with E-state index in [0.29, 0.717) is 23.3 Å². The molecule has 1 aromatic rings. The third-order valence-electron chi connectivity index (χ3n) is 6.69. The number of amides is 1. The number of carbonyl (C=O) groups is 1. The molecule has 2 unspecified atom stereocenters. The molecule has 4 saturated carbocycles. The topological polar surface area (TPSA) is 94.5 Å². The van der Waals surface area contributed by atoms with Gasteiger partial charge in [-0.15, -0.1) is 12.4 Å². The average molecular weight is 378 g/mol. The molecule has 5 aliphatic rings. The van der Waals surface area contributed by atoms with Gasteiger partial charge in [-0.2, -0.15) is 0 Å². The molecule has 140 valence electrons. The first kappa shape index (κ1) is 17.8. The van der Waals surface area contributed by atoms with Crippen molar-refractivity contribution in [2.45, 2.75) is 50.2 Å². The lowest BCUT2D eigenvalue weighted by molar-refractivity contribution is -0.129. The van der Waals surface area contributed by atoms with E-state index >= 15 is 0 Å². The number of rotatable bonds is 3. The van der Waals surface area contributed by atoms with Crippen LogP contribution in [0.3, 0.4) is 0 Å². The van der Waals surface area contributed by atoms with Crippen molar-refractivity contribution in [3.8, 4) is 0 Å². The Labute approximate surface area is 158 Å². The highest BCUT2D eigenvalue weighted by atomic mass is 35.5. The summed E-state index contributed by atoms with van der Waals surface area (Å²) in [7, 11) is 0. The molecule has 6 rings (SSSR count). The summed E-state index contributed by atoms with van der Waals surface area (Å²) < 4.78 is 0. The zero-order chi connectivity index (χ0) is 17.2. The van der Waals surface area contributed by atoms with E-state index in [1.165, 1.54) is 0 Å². The Balaban J connectivity index is 0.00000168. The maximum Gasteiger partial charge on any atom is 0.278 e. The summed E-state index contributed by atoms with van der Waals surface area (Å²) in [5, 5.41) is 23.5. The Morgan fingerprint density at radius 1 is 1.23 bits per heavy atom. The molecule has 1 aromatic heterocycles. The monoisotopic (exact) mass is 377 g/mol. The number of fused-ring (bicyclic) bond motifs is 1. The highest BCUT2D eigenvalue weighted by molar-refractivity contribution is 6.01. The van der Waals surface area contributed by atoms with Gasteiger partial charge in [0.15, 0.2) is 0 Å². The number of hydrogen-bond acceptors (Lipinski definition) is 5. The van der Waals surface area contributed by atoms with Crippen LogP contribution in [0, 0.1) is 17.8 Å². The van der Waals surface area contributed by atoms with Crippen molar-refractivity contribution in [2.75, 3.05) is 5.32 Å². The zero-order valence-electron chi connectivity index (χ0n) is 14.4. The number of carbonyl (C=O) groups excluding carboxylic acids is 1. The van der Waals surface area contributed by atoms with Crippen molar-refractivity contribution in [1.29, 1.82) is 0 Å². The lowest BCUT2D eigenvalue weighted by Gasteiger charge is -2.58. The van der Waals surface area contributed by atoms with Crippen molar-refractivity contribution in [2.24, 2.45) is 17.8 Å². The third-order valence-corrected chi connectivity index (χ3v) is 6.69. The van der Waals surface area contributed by atoms with E-state index in [1.807, 2.05) is 12.2 Å². The minimum Gasteiger partial charge on any atom is -0.390 e. The fourth-order valence-corrected chi connectivity index (χ4v) is 5.97. The highest BCUT2D eigenvalue weighted by Gasteiger charge is 2.54. The molecule has 4 bridgehead atoms. The first-order valence-corrected chi connectivity index (χ1v) is 9.18. The van der Waals surface area contributed by atoms with Crippen LogP contribution in [0.4, 0.5) is 5.69 Å². The fourth-order valence-electron chi connectivity index (χ4n) is 5.97. The van der Waals surface area contributed by atoms with Gasteiger partial charge in [0.25, 0.3) is 5.91 Å². The zero-order valence-corrected chi connectivity index (χ0v) is 15.3. The van der Waals surface area contributed by atoms with Gasteiger partial charge in [0.1, 0.15) is 0 Å². The van der Waals surface area contributed by atoms with E-state index in [9.17, 15) is 9.90 Å². The minimum atomic E-state index is -0.541. The molecule has 0 radical (unpaired) electrons. The molecule has 5 aliphatic carbocycles. The SMILES string of the molecule is Cl.O=C(NO)c1cnc2c(c1NC1C3CC4CC1CC(O)(C4)C3)C=CC2. The molecular weight excluding hydrogens is 354 g/mol. The van der Waals surface area contributed by atoms with Crippen LogP contribution in [0.5, 0.6) is 0 Å². The Morgan fingerprint density at radius 3 is 2.62 bits per heavy atom. The second-order valence-corrected chi connectivity index (χ2v) is 8.32. The standard InChI is InChI=1S/C19H23N3O3.ClH/c23-18(22-25)14-9-20-15-3-1-2-13(15)17(14)21-16-11-4-10-5-12(16)8-19(24,6-10)7-11;/h1-2,9-12,16,24-25H,3-8H2,(H,20,21)(H,22,23);1H. The number of pyridine rings is 1. The van der Waals surface area contributed by atoms with Gasteiger partial charge in [-0.25, -0.2) is 5.48 Å². The van der Waals surface area contributed by atoms with Gasteiger partial charge in [0.05, 0.1) is 22.5 Å². The summed E-state index contributed by atoms with van der Waals surface area (Å²) in [6.07, 6.45) is 11.3. The summed E-state index contributed by atoms with van der Waals surface area (Å²) in [5.41, 5.74) is 4.32. The first-order chi connectivity index (χ1) is 12.1. The number of halogens is 1. The molecule has 0 spiro atoms. The van der Waals surface area contributed by atoms with Crippen molar-refractivity contribution in [3.63, 3.8) is 0 Å². The van der Waals surface area contributed by atoms with Crippen molar-refractivity contribution in [3.05, 3.63) is 29.1 Å². The summed E-state index contributed by atoms with van der Waals surface area (Å²) in [6.45, 7) is 0. The van der Waals surface area contributed by atoms with E-state index in [-0.39, 0.29) is 18.4 Å². The van der Waals surface area contributed by atoms with Crippen LogP contribution in [-0.2, 0) is 6.42 Å². The van der Waals surface area contributed by atoms with Gasteiger partial charge in [0, 0.05) is 24.2 Å². The normalized spacial score (nSPS) is 35.8. The van der Waals surface area contributed by atoms with Crippen molar-refractivity contribution < 1.29 is 15.1 Å². The highest BCUT2D eigenvalue weighted by Crippen LogP contribution is 2.56. The molecule has 2 atom stereocenters. The van der Waals surface area contributed by atoms with Gasteiger partial charge < -0.3 is 10.4 Å². The summed E-state index contributed by atoms with van der Waals surface area (Å²) in [4.78, 5) is 16.5. The van der Waals surface area contributed by atoms with Crippen LogP contribution in [0.25, 0.3) is 6.08 Å². The van der Waals surface area contributed by atoms with Crippen LogP contribution < -0.4 is 10.8 Å². The largest absolute Gasteiger partial charge is 0.390 e. The molecule has 0 aliphatic heterocycles. The van der Waals surface area contributed by atoms with Gasteiger partial charge in [0.2, 0.25) is 0 Å². The van der Waals surface area contributed by atoms with Gasteiger partial charge in [-0.3, -0.25) is 15.0 Å². The van der Waals surface area contributed by atoms with Crippen LogP contribution >= 0.6 is 12.4 Å². The predicted octanol–water partition coefficient (Wildman–Crippen LogP) is 2.54. The number of allylic oxidation sites excluding steroid dienone is 1. The molecule has 7 heteroatoms. The second kappa shape index (κ2) is 6.22. The van der Waals surface area contributed by atoms with Gasteiger partial charge >= 0.3 is 0 Å². The molecule has 4 fully saturated rings. The van der Waals surface area contributed by atoms with E-state index in [0.717, 1.165) is 55.5 Å². The molecule has 1 heterocycles. The number of nitrogens with one attached hydrogen (secondary N) is 2. The van der Waals surface area contributed by atoms with Crippen LogP contribution in [0.2, 0.25) is 0 Å². The third kappa shape index (κ3) is 2.63. The number of hydrogen-bond donors (Lipinski definition) is 4. The lowest BCUT2D eigenvalue weighted by Crippen LogP contribution is -2.59. The maximum absolute atomic E-state index is 12.1. The van der Waals surface area contributed by atoms with E-state index < -0.39 is 11.5 Å². The number of aliphatic hydroxyl groups is 1. The fraction of sp³-hybridized carbons (Fsp3) is 0.579. The lowest BCUT2D eigenvalue weighted by atomic mass is 9.52. The Hall–Kier alpha value is -1.63. The van der Waals surface area contributed by atoms with E-state index in [4.69, 9.17) is 5.21 Å². The Kier molecular flexibility index (Phi) is 4.25. The molecule has 26 heavy (non-hydrogen) atoms. The molecular formula is C19H24ClN3O3. The van der Waals surface area contributed by atoms with Crippen molar-refractivity contribution in [1.82, 2.24) is 10.5 Å². The number of nitrogens with zero attached hydrogens (tertiary/aromatic N) is 1. The second-order valence-electron chi connectivity index (χ2n) is 8.32. The Bertz CT molecular complexity index is 766. The quantitative estimate of drug-likeness (QED) is 0.479. The Morgan fingerprint density at radius 2 is 1.96 bits per heavy atom. The minimum absolute atomic E-state index is 0. The number of anilines is 1. The number of aromatic nitrogens is 1. The van der Waals surface area contributed by atoms with Gasteiger partial charge in [-0.1, -0.05) is 12.2 Å². The van der Waals surface area contributed by atoms with Crippen LogP contribution in [0.15, 0.2) is 12.3 Å². The van der Waals surface area contributed by atoms with Crippen LogP contribution in [-0.4, -0.2) is 32.8 Å². The molecule has 6 nitrogen and oxygen atoms in total. The summed E-state index contributed by atoms with van der Waals surface area (Å²) in [5.74, 6) is 0.982. The first-order valence-electron chi connectivity index (χ1n) is 9.18. The molecule has 0 saturated heterocycles. The van der Waals surface area contributed by atoms with E-state index in [1.54, 1.807) is 11.7 Å². The molecule has 4 N–H and O–H groups in total. The van der Waals surface area contributed by atoms with Crippen molar-refractivity contribution >= 4 is 30.1 Å². The van der Waals surface area contributed by atoms with Crippen LogP contribution in [0.1, 0.15) is 53.7 Å². The van der Waals surface area contributed by atoms with E-state index in [2.05, 4.69) is 10.3 Å². The summed E-state index contributed by atoms with van der Waals surface area (Å²) >= 11 is 0. The molecule has 1 amide bonds. The predicted molar refractivity (Wildman–Crippen MR) is 99.4 cm³/mol. The number of hydroxylamine groups is 1. The average Bonchev–Trinajstić information content (AvgIpc) is 3.04. The maximum atomic E-state index is 12.1. The summed E-state index contributed by atoms with van der Waals surface area (Å²) in [6, 6.07) is 0.266.